The van der Waals surface area contributed by atoms with Crippen LogP contribution < -0.4 is 20.1 Å². The number of fused-ring (bicyclic) bond motifs is 1. The number of hydrogen-bond donors (Lipinski definition) is 2. The van der Waals surface area contributed by atoms with Crippen LogP contribution in [-0.4, -0.2) is 48.8 Å². The molecule has 1 aliphatic heterocycles. The SMILES string of the molecule is COc1cc(Cn2ncc3c(-c4cccc(-c5ccc(CNC[C@@H]6CCC(=O)N6)c(OC)c5)c4Cl)cccc32)c(Cl)cc1C=O. The molecule has 1 amide bonds. The summed E-state index contributed by atoms with van der Waals surface area (Å²) in [5.74, 6) is 1.34. The van der Waals surface area contributed by atoms with Crippen molar-refractivity contribution in [3.05, 3.63) is 99.7 Å². The third-order valence-corrected chi connectivity index (χ3v) is 8.97. The number of amides is 1. The summed E-state index contributed by atoms with van der Waals surface area (Å²) in [7, 11) is 3.19. The lowest BCUT2D eigenvalue weighted by atomic mass is 9.96. The average Bonchev–Trinajstić information content (AvgIpc) is 3.67. The van der Waals surface area contributed by atoms with Gasteiger partial charge in [0.05, 0.1) is 43.1 Å². The van der Waals surface area contributed by atoms with Crippen molar-refractivity contribution in [2.45, 2.75) is 32.0 Å². The monoisotopic (exact) mass is 642 g/mol. The normalized spacial score (nSPS) is 14.5. The maximum atomic E-state index is 11.5. The molecule has 2 N–H and O–H groups in total. The minimum atomic E-state index is 0.112. The van der Waals surface area contributed by atoms with Crippen molar-refractivity contribution in [1.82, 2.24) is 20.4 Å². The second-order valence-corrected chi connectivity index (χ2v) is 11.8. The molecular formula is C35H32Cl2N4O4. The first kappa shape index (κ1) is 30.6. The fourth-order valence-electron chi connectivity index (χ4n) is 5.86. The topological polar surface area (TPSA) is 94.5 Å². The maximum absolute atomic E-state index is 11.5. The van der Waals surface area contributed by atoms with Gasteiger partial charge in [-0.2, -0.15) is 5.10 Å². The van der Waals surface area contributed by atoms with Crippen LogP contribution in [0.1, 0.15) is 34.3 Å². The summed E-state index contributed by atoms with van der Waals surface area (Å²) in [6.07, 6.45) is 4.00. The summed E-state index contributed by atoms with van der Waals surface area (Å²) in [6, 6.07) is 21.7. The largest absolute Gasteiger partial charge is 0.496 e. The van der Waals surface area contributed by atoms with Crippen molar-refractivity contribution in [1.29, 1.82) is 0 Å². The molecule has 5 aromatic rings. The Morgan fingerprint density at radius 3 is 2.51 bits per heavy atom. The molecule has 45 heavy (non-hydrogen) atoms. The summed E-state index contributed by atoms with van der Waals surface area (Å²) in [5, 5.41) is 13.1. The Morgan fingerprint density at radius 1 is 0.978 bits per heavy atom. The minimum Gasteiger partial charge on any atom is -0.496 e. The zero-order valence-corrected chi connectivity index (χ0v) is 26.4. The van der Waals surface area contributed by atoms with Gasteiger partial charge >= 0.3 is 0 Å². The van der Waals surface area contributed by atoms with Crippen molar-refractivity contribution in [3.8, 4) is 33.8 Å². The van der Waals surface area contributed by atoms with Crippen LogP contribution in [0.5, 0.6) is 11.5 Å². The molecule has 1 saturated heterocycles. The quantitative estimate of drug-likeness (QED) is 0.152. The highest BCUT2D eigenvalue weighted by atomic mass is 35.5. The minimum absolute atomic E-state index is 0.112. The third kappa shape index (κ3) is 6.27. The smallest absolute Gasteiger partial charge is 0.220 e. The van der Waals surface area contributed by atoms with Crippen LogP contribution in [0.2, 0.25) is 10.0 Å². The van der Waals surface area contributed by atoms with Crippen molar-refractivity contribution < 1.29 is 19.1 Å². The van der Waals surface area contributed by atoms with Gasteiger partial charge in [-0.1, -0.05) is 65.7 Å². The maximum Gasteiger partial charge on any atom is 0.220 e. The molecule has 0 spiro atoms. The number of carbonyl (C=O) groups is 2. The van der Waals surface area contributed by atoms with Crippen LogP contribution in [0.4, 0.5) is 0 Å². The Kier molecular flexibility index (Phi) is 9.07. The van der Waals surface area contributed by atoms with Crippen molar-refractivity contribution in [3.63, 3.8) is 0 Å². The van der Waals surface area contributed by atoms with E-state index in [1.807, 2.05) is 65.5 Å². The van der Waals surface area contributed by atoms with Gasteiger partial charge < -0.3 is 20.1 Å². The summed E-state index contributed by atoms with van der Waals surface area (Å²) < 4.78 is 13.0. The first-order valence-corrected chi connectivity index (χ1v) is 15.4. The van der Waals surface area contributed by atoms with Crippen LogP contribution in [0.25, 0.3) is 33.2 Å². The number of aromatic nitrogens is 2. The lowest BCUT2D eigenvalue weighted by Gasteiger charge is -2.16. The molecule has 1 atom stereocenters. The highest BCUT2D eigenvalue weighted by Crippen LogP contribution is 2.40. The standard InChI is InChI=1S/C35H32Cl2N4O4/c1-44-32-14-21(9-10-22(32)16-38-17-25-11-12-34(43)40-25)26-5-3-7-28(35(26)37)27-6-4-8-31-29(27)18-39-41(31)19-23-15-33(45-2)24(20-42)13-30(23)36/h3-10,13-15,18,20,25,38H,11-12,16-17,19H2,1-2H3,(H,40,43)/t25-/m0/s1. The lowest BCUT2D eigenvalue weighted by Crippen LogP contribution is -2.35. The number of nitrogens with one attached hydrogen (secondary N) is 2. The molecule has 0 saturated carbocycles. The second-order valence-electron chi connectivity index (χ2n) is 11.0. The molecule has 2 heterocycles. The highest BCUT2D eigenvalue weighted by Gasteiger charge is 2.20. The van der Waals surface area contributed by atoms with Gasteiger partial charge in [-0.15, -0.1) is 0 Å². The molecule has 1 aliphatic rings. The van der Waals surface area contributed by atoms with Crippen molar-refractivity contribution in [2.75, 3.05) is 20.8 Å². The predicted molar refractivity (Wildman–Crippen MR) is 178 cm³/mol. The zero-order valence-electron chi connectivity index (χ0n) is 24.9. The fourth-order valence-corrected chi connectivity index (χ4v) is 6.43. The first-order chi connectivity index (χ1) is 21.9. The molecule has 230 valence electrons. The molecule has 0 unspecified atom stereocenters. The van der Waals surface area contributed by atoms with Crippen LogP contribution in [-0.2, 0) is 17.9 Å². The van der Waals surface area contributed by atoms with Crippen LogP contribution >= 0.6 is 23.2 Å². The molecule has 8 nitrogen and oxygen atoms in total. The second kappa shape index (κ2) is 13.3. The molecule has 6 rings (SSSR count). The van der Waals surface area contributed by atoms with Crippen molar-refractivity contribution in [2.24, 2.45) is 0 Å². The molecule has 0 radical (unpaired) electrons. The van der Waals surface area contributed by atoms with E-state index in [1.165, 1.54) is 7.11 Å². The molecular weight excluding hydrogens is 611 g/mol. The lowest BCUT2D eigenvalue weighted by molar-refractivity contribution is -0.119. The number of carbonyl (C=O) groups excluding carboxylic acids is 2. The van der Waals surface area contributed by atoms with Crippen molar-refractivity contribution >= 4 is 46.3 Å². The van der Waals surface area contributed by atoms with Gasteiger partial charge in [0.15, 0.2) is 6.29 Å². The number of hydrogen-bond acceptors (Lipinski definition) is 6. The molecule has 10 heteroatoms. The van der Waals surface area contributed by atoms with E-state index in [1.54, 1.807) is 19.2 Å². The van der Waals surface area contributed by atoms with Gasteiger partial charge in [0.2, 0.25) is 5.91 Å². The number of methoxy groups -OCH3 is 2. The Bertz CT molecular complexity index is 1900. The van der Waals surface area contributed by atoms with E-state index < -0.39 is 0 Å². The number of benzene rings is 4. The van der Waals surface area contributed by atoms with Gasteiger partial charge in [-0.3, -0.25) is 14.3 Å². The number of ether oxygens (including phenoxy) is 2. The average molecular weight is 644 g/mol. The Labute approximate surface area is 271 Å². The van der Waals surface area contributed by atoms with Gasteiger partial charge in [0.1, 0.15) is 11.5 Å². The third-order valence-electron chi connectivity index (χ3n) is 8.21. The van der Waals surface area contributed by atoms with Gasteiger partial charge in [0, 0.05) is 52.7 Å². The molecule has 1 aromatic heterocycles. The van der Waals surface area contributed by atoms with E-state index in [0.717, 1.165) is 62.7 Å². The van der Waals surface area contributed by atoms with E-state index in [9.17, 15) is 9.59 Å². The van der Waals surface area contributed by atoms with E-state index in [-0.39, 0.29) is 11.9 Å². The van der Waals surface area contributed by atoms with E-state index in [2.05, 4.69) is 15.7 Å². The van der Waals surface area contributed by atoms with Crippen LogP contribution in [0.15, 0.2) is 72.9 Å². The Balaban J connectivity index is 1.28. The van der Waals surface area contributed by atoms with Gasteiger partial charge in [-0.05, 0) is 47.4 Å². The number of halogens is 2. The summed E-state index contributed by atoms with van der Waals surface area (Å²) in [4.78, 5) is 22.9. The zero-order chi connectivity index (χ0) is 31.5. The van der Waals surface area contributed by atoms with E-state index in [4.69, 9.17) is 32.7 Å². The van der Waals surface area contributed by atoms with E-state index >= 15 is 0 Å². The molecule has 1 fully saturated rings. The Morgan fingerprint density at radius 2 is 1.76 bits per heavy atom. The molecule has 4 aromatic carbocycles. The van der Waals surface area contributed by atoms with Gasteiger partial charge in [-0.25, -0.2) is 0 Å². The predicted octanol–water partition coefficient (Wildman–Crippen LogP) is 6.92. The fraction of sp³-hybridized carbons (Fsp3) is 0.229. The van der Waals surface area contributed by atoms with Crippen LogP contribution in [0, 0.1) is 0 Å². The number of aldehydes is 1. The van der Waals surface area contributed by atoms with E-state index in [0.29, 0.717) is 47.4 Å². The number of nitrogens with zero attached hydrogens (tertiary/aromatic N) is 2. The molecule has 0 bridgehead atoms. The molecule has 0 aliphatic carbocycles. The summed E-state index contributed by atoms with van der Waals surface area (Å²) in [6.45, 7) is 1.72. The highest BCUT2D eigenvalue weighted by molar-refractivity contribution is 6.36. The Hall–Kier alpha value is -4.37. The summed E-state index contributed by atoms with van der Waals surface area (Å²) >= 11 is 13.6. The van der Waals surface area contributed by atoms with Gasteiger partial charge in [0.25, 0.3) is 0 Å². The van der Waals surface area contributed by atoms with Crippen LogP contribution in [0.3, 0.4) is 0 Å². The first-order valence-electron chi connectivity index (χ1n) is 14.6. The number of rotatable bonds is 11. The summed E-state index contributed by atoms with van der Waals surface area (Å²) in [5.41, 5.74) is 6.79.